The molecule has 1 heterocycles. The van der Waals surface area contributed by atoms with E-state index in [-0.39, 0.29) is 16.7 Å². The molecule has 4 nitrogen and oxygen atoms in total. The summed E-state index contributed by atoms with van der Waals surface area (Å²) in [5.41, 5.74) is 2.87. The van der Waals surface area contributed by atoms with E-state index in [1.54, 1.807) is 23.1 Å². The second-order valence-corrected chi connectivity index (χ2v) is 8.20. The summed E-state index contributed by atoms with van der Waals surface area (Å²) in [6.07, 6.45) is 1.78. The van der Waals surface area contributed by atoms with Gasteiger partial charge in [-0.2, -0.15) is 0 Å². The van der Waals surface area contributed by atoms with Gasteiger partial charge in [0.2, 0.25) is 0 Å². The molecule has 1 aliphatic rings. The fourth-order valence-corrected chi connectivity index (χ4v) is 4.20. The van der Waals surface area contributed by atoms with Gasteiger partial charge in [0, 0.05) is 0 Å². The zero-order valence-corrected chi connectivity index (χ0v) is 17.6. The van der Waals surface area contributed by atoms with Gasteiger partial charge in [0.15, 0.2) is 5.17 Å². The lowest BCUT2D eigenvalue weighted by atomic mass is 10.2. The number of aliphatic imine (C=N–C) groups is 1. The van der Waals surface area contributed by atoms with Crippen molar-refractivity contribution >= 4 is 40.5 Å². The van der Waals surface area contributed by atoms with Gasteiger partial charge < -0.3 is 5.11 Å². The summed E-state index contributed by atoms with van der Waals surface area (Å²) >= 11 is 7.36. The number of benzene rings is 3. The number of amidine groups is 1. The summed E-state index contributed by atoms with van der Waals surface area (Å²) in [5, 5.41) is 10.6. The Morgan fingerprint density at radius 2 is 1.63 bits per heavy atom. The number of phenolic OH excluding ortho intramolecular Hbond substituents is 1. The number of hydrogen-bond acceptors (Lipinski definition) is 4. The molecule has 0 radical (unpaired) electrons. The van der Waals surface area contributed by atoms with E-state index in [1.165, 1.54) is 17.8 Å². The molecule has 3 aromatic rings. The van der Waals surface area contributed by atoms with Crippen molar-refractivity contribution in [3.8, 4) is 5.75 Å². The van der Waals surface area contributed by atoms with Crippen LogP contribution in [-0.2, 0) is 17.9 Å². The highest BCUT2D eigenvalue weighted by Crippen LogP contribution is 2.35. The van der Waals surface area contributed by atoms with E-state index < -0.39 is 0 Å². The summed E-state index contributed by atoms with van der Waals surface area (Å²) in [4.78, 5) is 20.2. The third kappa shape index (κ3) is 4.75. The lowest BCUT2D eigenvalue weighted by Crippen LogP contribution is -2.28. The molecule has 4 rings (SSSR count). The van der Waals surface area contributed by atoms with Crippen molar-refractivity contribution in [2.45, 2.75) is 13.1 Å². The number of carbonyl (C=O) groups is 1. The summed E-state index contributed by atoms with van der Waals surface area (Å²) in [6, 6.07) is 24.7. The monoisotopic (exact) mass is 434 g/mol. The molecule has 150 valence electrons. The van der Waals surface area contributed by atoms with Crippen LogP contribution in [0.3, 0.4) is 0 Å². The zero-order valence-electron chi connectivity index (χ0n) is 16.0. The minimum Gasteiger partial charge on any atom is -0.506 e. The van der Waals surface area contributed by atoms with Crippen LogP contribution in [0.4, 0.5) is 0 Å². The van der Waals surface area contributed by atoms with Gasteiger partial charge in [-0.15, -0.1) is 0 Å². The van der Waals surface area contributed by atoms with Crippen LogP contribution in [0.15, 0.2) is 88.8 Å². The van der Waals surface area contributed by atoms with Crippen molar-refractivity contribution in [1.82, 2.24) is 4.90 Å². The molecule has 0 saturated carbocycles. The highest BCUT2D eigenvalue weighted by atomic mass is 35.5. The Labute approximate surface area is 184 Å². The predicted octanol–water partition coefficient (Wildman–Crippen LogP) is 5.72. The van der Waals surface area contributed by atoms with E-state index in [9.17, 15) is 9.90 Å². The first kappa shape index (κ1) is 20.3. The third-order valence-corrected chi connectivity index (χ3v) is 5.93. The van der Waals surface area contributed by atoms with Gasteiger partial charge >= 0.3 is 0 Å². The quantitative estimate of drug-likeness (QED) is 0.522. The molecule has 1 N–H and O–H groups in total. The zero-order chi connectivity index (χ0) is 20.9. The van der Waals surface area contributed by atoms with E-state index in [0.29, 0.717) is 23.2 Å². The van der Waals surface area contributed by atoms with Gasteiger partial charge in [0.05, 0.1) is 23.0 Å². The molecule has 1 saturated heterocycles. The van der Waals surface area contributed by atoms with Crippen LogP contribution in [0.5, 0.6) is 5.75 Å². The fraction of sp³-hybridized carbons (Fsp3) is 0.0833. The fourth-order valence-electron chi connectivity index (χ4n) is 3.04. The van der Waals surface area contributed by atoms with Gasteiger partial charge in [0.25, 0.3) is 5.91 Å². The maximum Gasteiger partial charge on any atom is 0.267 e. The number of phenols is 1. The van der Waals surface area contributed by atoms with Gasteiger partial charge in [-0.25, -0.2) is 0 Å². The molecule has 0 aromatic heterocycles. The molecule has 1 amide bonds. The minimum absolute atomic E-state index is 0.0139. The standard InChI is InChI=1S/C24H19ClN2O2S/c25-20-13-19(11-12-21(20)28)14-22-23(29)27(16-18-9-5-2-6-10-18)24(30-22)26-15-17-7-3-1-4-8-17/h1-14,28H,15-16H2/b22-14-,26-24?. The van der Waals surface area contributed by atoms with Gasteiger partial charge in [-0.1, -0.05) is 78.3 Å². The number of rotatable bonds is 5. The van der Waals surface area contributed by atoms with Gasteiger partial charge in [-0.3, -0.25) is 14.7 Å². The largest absolute Gasteiger partial charge is 0.506 e. The molecule has 0 spiro atoms. The molecule has 0 aliphatic carbocycles. The van der Waals surface area contributed by atoms with Crippen LogP contribution in [-0.4, -0.2) is 21.1 Å². The Morgan fingerprint density at radius 3 is 2.30 bits per heavy atom. The number of thioether (sulfide) groups is 1. The number of hydrogen-bond donors (Lipinski definition) is 1. The van der Waals surface area contributed by atoms with Crippen molar-refractivity contribution in [2.24, 2.45) is 4.99 Å². The molecule has 1 fully saturated rings. The third-order valence-electron chi connectivity index (χ3n) is 4.58. The molecule has 3 aromatic carbocycles. The Morgan fingerprint density at radius 1 is 0.967 bits per heavy atom. The summed E-state index contributed by atoms with van der Waals surface area (Å²) < 4.78 is 0. The number of amides is 1. The second-order valence-electron chi connectivity index (χ2n) is 6.78. The first-order chi connectivity index (χ1) is 14.6. The van der Waals surface area contributed by atoms with Crippen molar-refractivity contribution in [1.29, 1.82) is 0 Å². The van der Waals surface area contributed by atoms with E-state index in [2.05, 4.69) is 0 Å². The van der Waals surface area contributed by atoms with Crippen LogP contribution in [0.1, 0.15) is 16.7 Å². The Hall–Kier alpha value is -3.02. The van der Waals surface area contributed by atoms with Crippen LogP contribution in [0.25, 0.3) is 6.08 Å². The van der Waals surface area contributed by atoms with Crippen molar-refractivity contribution in [3.63, 3.8) is 0 Å². The molecule has 0 bridgehead atoms. The number of nitrogens with zero attached hydrogens (tertiary/aromatic N) is 2. The average molecular weight is 435 g/mol. The van der Waals surface area contributed by atoms with Crippen molar-refractivity contribution in [3.05, 3.63) is 105 Å². The summed E-state index contributed by atoms with van der Waals surface area (Å²) in [7, 11) is 0. The first-order valence-electron chi connectivity index (χ1n) is 9.42. The smallest absolute Gasteiger partial charge is 0.267 e. The highest BCUT2D eigenvalue weighted by molar-refractivity contribution is 8.18. The first-order valence-corrected chi connectivity index (χ1v) is 10.6. The van der Waals surface area contributed by atoms with E-state index in [1.807, 2.05) is 60.7 Å². The molecule has 0 unspecified atom stereocenters. The lowest BCUT2D eigenvalue weighted by molar-refractivity contribution is -0.122. The van der Waals surface area contributed by atoms with E-state index >= 15 is 0 Å². The van der Waals surface area contributed by atoms with Gasteiger partial charge in [0.1, 0.15) is 5.75 Å². The number of halogens is 1. The molecular formula is C24H19ClN2O2S. The van der Waals surface area contributed by atoms with Crippen LogP contribution in [0.2, 0.25) is 5.02 Å². The lowest BCUT2D eigenvalue weighted by Gasteiger charge is -2.15. The Balaban J connectivity index is 1.64. The SMILES string of the molecule is O=C1/C(=C/c2ccc(O)c(Cl)c2)SC(=NCc2ccccc2)N1Cc1ccccc1. The summed E-state index contributed by atoms with van der Waals surface area (Å²) in [6.45, 7) is 0.952. The van der Waals surface area contributed by atoms with Crippen molar-refractivity contribution in [2.75, 3.05) is 0 Å². The van der Waals surface area contributed by atoms with E-state index in [4.69, 9.17) is 16.6 Å². The molecular weight excluding hydrogens is 416 g/mol. The normalized spacial score (nSPS) is 16.6. The highest BCUT2D eigenvalue weighted by Gasteiger charge is 2.33. The summed E-state index contributed by atoms with van der Waals surface area (Å²) in [5.74, 6) is -0.0834. The second kappa shape index (κ2) is 9.20. The Bertz CT molecular complexity index is 1110. The maximum absolute atomic E-state index is 13.2. The number of carbonyl (C=O) groups excluding carboxylic acids is 1. The van der Waals surface area contributed by atoms with E-state index in [0.717, 1.165) is 16.7 Å². The molecule has 0 atom stereocenters. The van der Waals surface area contributed by atoms with Crippen molar-refractivity contribution < 1.29 is 9.90 Å². The van der Waals surface area contributed by atoms with Crippen LogP contribution in [0, 0.1) is 0 Å². The molecule has 6 heteroatoms. The topological polar surface area (TPSA) is 52.9 Å². The van der Waals surface area contributed by atoms with Gasteiger partial charge in [-0.05, 0) is 46.7 Å². The molecule has 1 aliphatic heterocycles. The maximum atomic E-state index is 13.2. The van der Waals surface area contributed by atoms with Crippen LogP contribution >= 0.6 is 23.4 Å². The predicted molar refractivity (Wildman–Crippen MR) is 123 cm³/mol. The van der Waals surface area contributed by atoms with Crippen LogP contribution < -0.4 is 0 Å². The Kier molecular flexibility index (Phi) is 6.21. The average Bonchev–Trinajstić information content (AvgIpc) is 3.05. The minimum atomic E-state index is -0.0973. The molecule has 30 heavy (non-hydrogen) atoms. The number of aromatic hydroxyl groups is 1.